The summed E-state index contributed by atoms with van der Waals surface area (Å²) in [6.07, 6.45) is 4.59. The molecule has 1 fully saturated rings. The minimum absolute atomic E-state index is 0.175. The van der Waals surface area contributed by atoms with Crippen LogP contribution in [0.2, 0.25) is 0 Å². The second kappa shape index (κ2) is 10.9. The molecular weight excluding hydrogens is 296 g/mol. The van der Waals surface area contributed by atoms with Crippen LogP contribution in [0.5, 0.6) is 0 Å². The number of aliphatic imine (C=N–C) groups is 1. The first-order chi connectivity index (χ1) is 11.1. The summed E-state index contributed by atoms with van der Waals surface area (Å²) in [7, 11) is 1.41. The van der Waals surface area contributed by atoms with Gasteiger partial charge in [0.2, 0.25) is 5.91 Å². The Kier molecular flexibility index (Phi) is 9.09. The van der Waals surface area contributed by atoms with Crippen LogP contribution in [-0.4, -0.2) is 56.0 Å². The van der Waals surface area contributed by atoms with Gasteiger partial charge in [0, 0.05) is 39.0 Å². The van der Waals surface area contributed by atoms with Crippen LogP contribution in [0.4, 0.5) is 0 Å². The molecule has 0 aromatic rings. The summed E-state index contributed by atoms with van der Waals surface area (Å²) in [6.45, 7) is 5.28. The van der Waals surface area contributed by atoms with Gasteiger partial charge < -0.3 is 20.7 Å². The number of unbranched alkanes of at least 4 members (excludes halogenated alkanes) is 1. The molecule has 0 radical (unpaired) electrons. The number of piperidine rings is 1. The van der Waals surface area contributed by atoms with E-state index in [-0.39, 0.29) is 11.9 Å². The smallest absolute Gasteiger partial charge is 0.305 e. The van der Waals surface area contributed by atoms with Crippen molar-refractivity contribution in [2.45, 2.75) is 45.4 Å². The predicted molar refractivity (Wildman–Crippen MR) is 90.0 cm³/mol. The molecule has 0 spiro atoms. The summed E-state index contributed by atoms with van der Waals surface area (Å²) in [6, 6.07) is 0. The van der Waals surface area contributed by atoms with Crippen molar-refractivity contribution >= 4 is 17.8 Å². The largest absolute Gasteiger partial charge is 0.469 e. The first-order valence-corrected chi connectivity index (χ1v) is 8.45. The summed E-state index contributed by atoms with van der Waals surface area (Å²) in [5, 5.41) is 3.31. The zero-order chi connectivity index (χ0) is 17.1. The lowest BCUT2D eigenvalue weighted by Gasteiger charge is -2.34. The Morgan fingerprint density at radius 2 is 2.17 bits per heavy atom. The number of ether oxygens (including phenoxy) is 1. The van der Waals surface area contributed by atoms with Crippen LogP contribution >= 0.6 is 0 Å². The molecule has 7 heteroatoms. The summed E-state index contributed by atoms with van der Waals surface area (Å²) in [5.74, 6) is 0.789. The fourth-order valence-corrected chi connectivity index (χ4v) is 2.80. The average Bonchev–Trinajstić information content (AvgIpc) is 2.53. The fraction of sp³-hybridized carbons (Fsp3) is 0.812. The molecule has 0 saturated carbocycles. The van der Waals surface area contributed by atoms with Crippen LogP contribution in [0.15, 0.2) is 4.99 Å². The van der Waals surface area contributed by atoms with Crippen molar-refractivity contribution in [2.24, 2.45) is 16.6 Å². The number of likely N-dealkylation sites (tertiary alicyclic amines) is 1. The highest BCUT2D eigenvalue weighted by Gasteiger charge is 2.23. The topological polar surface area (TPSA) is 97.0 Å². The van der Waals surface area contributed by atoms with Crippen molar-refractivity contribution in [1.82, 2.24) is 10.2 Å². The fourth-order valence-electron chi connectivity index (χ4n) is 2.80. The summed E-state index contributed by atoms with van der Waals surface area (Å²) in [4.78, 5) is 29.0. The molecule has 0 bridgehead atoms. The normalized spacial score (nSPS) is 18.6. The van der Waals surface area contributed by atoms with Crippen molar-refractivity contribution < 1.29 is 14.3 Å². The molecule has 1 amide bonds. The number of carbonyl (C=O) groups is 2. The maximum atomic E-state index is 11.1. The van der Waals surface area contributed by atoms with Crippen molar-refractivity contribution in [3.63, 3.8) is 0 Å². The van der Waals surface area contributed by atoms with Crippen LogP contribution in [-0.2, 0) is 14.3 Å². The minimum Gasteiger partial charge on any atom is -0.469 e. The molecule has 1 aliphatic rings. The van der Waals surface area contributed by atoms with Crippen LogP contribution < -0.4 is 11.1 Å². The van der Waals surface area contributed by atoms with Crippen LogP contribution in [0, 0.1) is 5.92 Å². The zero-order valence-corrected chi connectivity index (χ0v) is 14.3. The Morgan fingerprint density at radius 1 is 1.39 bits per heavy atom. The van der Waals surface area contributed by atoms with Crippen LogP contribution in [0.1, 0.15) is 45.4 Å². The van der Waals surface area contributed by atoms with Gasteiger partial charge >= 0.3 is 5.97 Å². The number of nitrogens with one attached hydrogen (secondary N) is 1. The van der Waals surface area contributed by atoms with Gasteiger partial charge in [0.05, 0.1) is 7.11 Å². The SMILES string of the molecule is CCNC(=NCCCCC(=O)OC)N1CCCC(CC(N)=O)C1. The average molecular weight is 326 g/mol. The van der Waals surface area contributed by atoms with Gasteiger partial charge in [-0.05, 0) is 38.5 Å². The number of methoxy groups -OCH3 is 1. The van der Waals surface area contributed by atoms with E-state index in [9.17, 15) is 9.59 Å². The molecule has 7 nitrogen and oxygen atoms in total. The van der Waals surface area contributed by atoms with Gasteiger partial charge in [-0.1, -0.05) is 0 Å². The van der Waals surface area contributed by atoms with Gasteiger partial charge in [-0.15, -0.1) is 0 Å². The highest BCUT2D eigenvalue weighted by molar-refractivity contribution is 5.80. The first kappa shape index (κ1) is 19.3. The van der Waals surface area contributed by atoms with E-state index < -0.39 is 0 Å². The zero-order valence-electron chi connectivity index (χ0n) is 14.3. The van der Waals surface area contributed by atoms with E-state index in [1.165, 1.54) is 7.11 Å². The second-order valence-corrected chi connectivity index (χ2v) is 5.89. The Morgan fingerprint density at radius 3 is 2.83 bits per heavy atom. The van der Waals surface area contributed by atoms with E-state index >= 15 is 0 Å². The summed E-state index contributed by atoms with van der Waals surface area (Å²) < 4.78 is 4.62. The molecule has 23 heavy (non-hydrogen) atoms. The van der Waals surface area contributed by atoms with E-state index in [1.807, 2.05) is 6.92 Å². The van der Waals surface area contributed by atoms with E-state index in [4.69, 9.17) is 5.73 Å². The molecule has 1 atom stereocenters. The maximum absolute atomic E-state index is 11.1. The van der Waals surface area contributed by atoms with Crippen molar-refractivity contribution in [3.05, 3.63) is 0 Å². The standard InChI is InChI=1S/C16H30N4O3/c1-3-18-16(19-9-5-4-8-15(22)23-2)20-10-6-7-13(12-20)11-14(17)21/h13H,3-12H2,1-2H3,(H2,17,21)(H,18,19). The molecule has 3 N–H and O–H groups in total. The predicted octanol–water partition coefficient (Wildman–Crippen LogP) is 0.883. The lowest BCUT2D eigenvalue weighted by atomic mass is 9.95. The first-order valence-electron chi connectivity index (χ1n) is 8.45. The van der Waals surface area contributed by atoms with Crippen LogP contribution in [0.25, 0.3) is 0 Å². The molecule has 1 rings (SSSR count). The quantitative estimate of drug-likeness (QED) is 0.299. The molecule has 1 aliphatic heterocycles. The molecule has 132 valence electrons. The van der Waals surface area contributed by atoms with Gasteiger partial charge in [0.25, 0.3) is 0 Å². The summed E-state index contributed by atoms with van der Waals surface area (Å²) in [5.41, 5.74) is 5.31. The maximum Gasteiger partial charge on any atom is 0.305 e. The third kappa shape index (κ3) is 7.85. The van der Waals surface area contributed by atoms with E-state index in [2.05, 4.69) is 19.9 Å². The molecule has 1 unspecified atom stereocenters. The number of nitrogens with zero attached hydrogens (tertiary/aromatic N) is 2. The van der Waals surface area contributed by atoms with Gasteiger partial charge in [-0.3, -0.25) is 14.6 Å². The third-order valence-electron chi connectivity index (χ3n) is 3.92. The van der Waals surface area contributed by atoms with Gasteiger partial charge in [0.1, 0.15) is 0 Å². The highest BCUT2D eigenvalue weighted by atomic mass is 16.5. The van der Waals surface area contributed by atoms with E-state index in [0.29, 0.717) is 25.3 Å². The number of carbonyl (C=O) groups excluding carboxylic acids is 2. The van der Waals surface area contributed by atoms with Crippen molar-refractivity contribution in [3.8, 4) is 0 Å². The lowest BCUT2D eigenvalue weighted by molar-refractivity contribution is -0.140. The van der Waals surface area contributed by atoms with E-state index in [0.717, 1.165) is 51.3 Å². The Balaban J connectivity index is 2.46. The van der Waals surface area contributed by atoms with Gasteiger partial charge in [-0.2, -0.15) is 0 Å². The van der Waals surface area contributed by atoms with Crippen molar-refractivity contribution in [1.29, 1.82) is 0 Å². The Bertz CT molecular complexity index is 412. The molecule has 1 heterocycles. The second-order valence-electron chi connectivity index (χ2n) is 5.89. The van der Waals surface area contributed by atoms with Gasteiger partial charge in [0.15, 0.2) is 5.96 Å². The minimum atomic E-state index is -0.235. The molecule has 0 aliphatic carbocycles. The van der Waals surface area contributed by atoms with E-state index in [1.54, 1.807) is 0 Å². The number of esters is 1. The molecular formula is C16H30N4O3. The lowest BCUT2D eigenvalue weighted by Crippen LogP contribution is -2.47. The number of primary amides is 1. The van der Waals surface area contributed by atoms with Gasteiger partial charge in [-0.25, -0.2) is 0 Å². The monoisotopic (exact) mass is 326 g/mol. The molecule has 1 saturated heterocycles. The molecule has 0 aromatic carbocycles. The number of hydrogen-bond acceptors (Lipinski definition) is 4. The van der Waals surface area contributed by atoms with Crippen LogP contribution in [0.3, 0.4) is 0 Å². The Labute approximate surface area is 138 Å². The highest BCUT2D eigenvalue weighted by Crippen LogP contribution is 2.19. The number of rotatable bonds is 8. The summed E-state index contributed by atoms with van der Waals surface area (Å²) >= 11 is 0. The third-order valence-corrected chi connectivity index (χ3v) is 3.92. The number of amides is 1. The number of nitrogens with two attached hydrogens (primary N) is 1. The number of guanidine groups is 1. The van der Waals surface area contributed by atoms with Crippen molar-refractivity contribution in [2.75, 3.05) is 33.3 Å². The Hall–Kier alpha value is -1.79. The molecule has 0 aromatic heterocycles. The number of hydrogen-bond donors (Lipinski definition) is 2.